The lowest BCUT2D eigenvalue weighted by Crippen LogP contribution is -2.25. The molecule has 0 fully saturated rings. The van der Waals surface area contributed by atoms with Crippen LogP contribution in [-0.2, 0) is 14.0 Å². The molecular weight excluding hydrogens is 331 g/mol. The van der Waals surface area contributed by atoms with E-state index in [1.54, 1.807) is 14.2 Å². The lowest BCUT2D eigenvalue weighted by atomic mass is 10.2. The Morgan fingerprint density at radius 3 is 1.44 bits per heavy atom. The fraction of sp³-hybridized carbons (Fsp3) is 0.143. The van der Waals surface area contributed by atoms with Gasteiger partial charge in [0.2, 0.25) is 0 Å². The topological polar surface area (TPSA) is 35.5 Å². The zero-order valence-corrected chi connectivity index (χ0v) is 15.2. The van der Waals surface area contributed by atoms with Crippen molar-refractivity contribution in [2.24, 2.45) is 0 Å². The standard InChI is InChI=1S/C21H21O3P/c1-23-21(24-2)17-13-15-20(16-14-17)25(22,18-9-5-3-6-10-18)19-11-7-4-8-12-19/h3-16,21H,1-2H3. The summed E-state index contributed by atoms with van der Waals surface area (Å²) >= 11 is 0. The first kappa shape index (κ1) is 17.6. The van der Waals surface area contributed by atoms with Gasteiger partial charge in [-0.15, -0.1) is 0 Å². The minimum absolute atomic E-state index is 0.429. The first-order chi connectivity index (χ1) is 12.2. The molecule has 0 spiro atoms. The summed E-state index contributed by atoms with van der Waals surface area (Å²) in [6.45, 7) is 0. The van der Waals surface area contributed by atoms with Gasteiger partial charge in [-0.2, -0.15) is 0 Å². The van der Waals surface area contributed by atoms with E-state index < -0.39 is 13.4 Å². The largest absolute Gasteiger partial charge is 0.352 e. The third kappa shape index (κ3) is 3.45. The second-order valence-electron chi connectivity index (χ2n) is 5.68. The van der Waals surface area contributed by atoms with E-state index in [-0.39, 0.29) is 0 Å². The molecule has 0 N–H and O–H groups in total. The molecule has 3 aromatic rings. The maximum atomic E-state index is 14.2. The van der Waals surface area contributed by atoms with Crippen molar-refractivity contribution in [2.75, 3.05) is 14.2 Å². The van der Waals surface area contributed by atoms with Crippen LogP contribution in [0.2, 0.25) is 0 Å². The predicted octanol–water partition coefficient (Wildman–Crippen LogP) is 3.62. The van der Waals surface area contributed by atoms with Crippen LogP contribution in [0.15, 0.2) is 84.9 Å². The molecule has 0 radical (unpaired) electrons. The first-order valence-electron chi connectivity index (χ1n) is 8.07. The Hall–Kier alpha value is -2.19. The fourth-order valence-electron chi connectivity index (χ4n) is 2.93. The highest BCUT2D eigenvalue weighted by Gasteiger charge is 2.29. The van der Waals surface area contributed by atoms with Crippen LogP contribution in [0.4, 0.5) is 0 Å². The molecule has 3 aromatic carbocycles. The van der Waals surface area contributed by atoms with Gasteiger partial charge in [-0.3, -0.25) is 0 Å². The van der Waals surface area contributed by atoms with E-state index in [9.17, 15) is 4.57 Å². The van der Waals surface area contributed by atoms with Crippen molar-refractivity contribution in [3.63, 3.8) is 0 Å². The van der Waals surface area contributed by atoms with Crippen LogP contribution in [0.1, 0.15) is 11.9 Å². The van der Waals surface area contributed by atoms with Gasteiger partial charge in [-0.1, -0.05) is 84.9 Å². The molecule has 0 aromatic heterocycles. The van der Waals surface area contributed by atoms with Crippen molar-refractivity contribution < 1.29 is 14.0 Å². The van der Waals surface area contributed by atoms with Gasteiger partial charge in [-0.05, 0) is 0 Å². The van der Waals surface area contributed by atoms with Gasteiger partial charge >= 0.3 is 0 Å². The number of rotatable bonds is 6. The van der Waals surface area contributed by atoms with Crippen LogP contribution in [0.3, 0.4) is 0 Å². The Morgan fingerprint density at radius 1 is 0.640 bits per heavy atom. The van der Waals surface area contributed by atoms with Crippen molar-refractivity contribution in [3.05, 3.63) is 90.5 Å². The minimum atomic E-state index is -2.93. The third-order valence-electron chi connectivity index (χ3n) is 4.20. The molecule has 4 heteroatoms. The van der Waals surface area contributed by atoms with Crippen LogP contribution < -0.4 is 15.9 Å². The summed E-state index contributed by atoms with van der Waals surface area (Å²) in [6, 6.07) is 26.9. The molecule has 0 aliphatic carbocycles. The lowest BCUT2D eigenvalue weighted by Gasteiger charge is -2.21. The van der Waals surface area contributed by atoms with E-state index in [2.05, 4.69) is 0 Å². The van der Waals surface area contributed by atoms with E-state index >= 15 is 0 Å². The lowest BCUT2D eigenvalue weighted by molar-refractivity contribution is -0.106. The molecule has 0 bridgehead atoms. The fourth-order valence-corrected chi connectivity index (χ4v) is 5.58. The number of hydrogen-bond acceptors (Lipinski definition) is 3. The van der Waals surface area contributed by atoms with Crippen molar-refractivity contribution >= 4 is 23.1 Å². The average molecular weight is 352 g/mol. The average Bonchev–Trinajstić information content (AvgIpc) is 2.70. The predicted molar refractivity (Wildman–Crippen MR) is 103 cm³/mol. The Labute approximate surface area is 148 Å². The van der Waals surface area contributed by atoms with Gasteiger partial charge in [0.1, 0.15) is 0 Å². The molecule has 0 amide bonds. The molecule has 0 aliphatic rings. The smallest absolute Gasteiger partial charge is 0.183 e. The number of methoxy groups -OCH3 is 2. The molecule has 0 saturated carbocycles. The zero-order valence-electron chi connectivity index (χ0n) is 14.3. The van der Waals surface area contributed by atoms with Gasteiger partial charge in [-0.25, -0.2) is 0 Å². The molecule has 3 nitrogen and oxygen atoms in total. The SMILES string of the molecule is COC(OC)c1ccc(P(=O)(c2ccccc2)c2ccccc2)cc1. The number of ether oxygens (including phenoxy) is 2. The molecule has 3 rings (SSSR count). The van der Waals surface area contributed by atoms with Gasteiger partial charge in [0, 0.05) is 35.7 Å². The van der Waals surface area contributed by atoms with Gasteiger partial charge in [0.15, 0.2) is 13.4 Å². The molecule has 0 atom stereocenters. The van der Waals surface area contributed by atoms with Gasteiger partial charge < -0.3 is 14.0 Å². The summed E-state index contributed by atoms with van der Waals surface area (Å²) in [5.41, 5.74) is 0.890. The summed E-state index contributed by atoms with van der Waals surface area (Å²) in [4.78, 5) is 0. The van der Waals surface area contributed by atoms with Crippen LogP contribution in [0, 0.1) is 0 Å². The van der Waals surface area contributed by atoms with Gasteiger partial charge in [0.05, 0.1) is 0 Å². The van der Waals surface area contributed by atoms with Crippen molar-refractivity contribution in [3.8, 4) is 0 Å². The summed E-state index contributed by atoms with van der Waals surface area (Å²) in [5.74, 6) is 0. The highest BCUT2D eigenvalue weighted by atomic mass is 31.2. The Kier molecular flexibility index (Phi) is 5.50. The van der Waals surface area contributed by atoms with Crippen LogP contribution in [0.5, 0.6) is 0 Å². The van der Waals surface area contributed by atoms with Crippen LogP contribution in [-0.4, -0.2) is 14.2 Å². The number of benzene rings is 3. The maximum absolute atomic E-state index is 14.2. The summed E-state index contributed by atoms with van der Waals surface area (Å²) in [5, 5.41) is 2.44. The minimum Gasteiger partial charge on any atom is -0.352 e. The van der Waals surface area contributed by atoms with Gasteiger partial charge in [0.25, 0.3) is 0 Å². The molecule has 0 saturated heterocycles. The first-order valence-corrected chi connectivity index (χ1v) is 9.78. The molecule has 25 heavy (non-hydrogen) atoms. The molecule has 128 valence electrons. The summed E-state index contributed by atoms with van der Waals surface area (Å²) in [7, 11) is 0.271. The van der Waals surface area contributed by atoms with E-state index in [0.29, 0.717) is 0 Å². The molecular formula is C21H21O3P. The van der Waals surface area contributed by atoms with Crippen molar-refractivity contribution in [2.45, 2.75) is 6.29 Å². The molecule has 0 unspecified atom stereocenters. The van der Waals surface area contributed by atoms with Crippen molar-refractivity contribution in [1.82, 2.24) is 0 Å². The molecule has 0 heterocycles. The second-order valence-corrected chi connectivity index (χ2v) is 8.44. The number of hydrogen-bond donors (Lipinski definition) is 0. The van der Waals surface area contributed by atoms with Crippen LogP contribution >= 0.6 is 7.14 Å². The maximum Gasteiger partial charge on any atom is 0.183 e. The Bertz CT molecular complexity index is 798. The quantitative estimate of drug-likeness (QED) is 0.502. The third-order valence-corrected chi connectivity index (χ3v) is 7.27. The van der Waals surface area contributed by atoms with E-state index in [4.69, 9.17) is 9.47 Å². The van der Waals surface area contributed by atoms with E-state index in [1.807, 2.05) is 84.9 Å². The summed E-state index contributed by atoms with van der Waals surface area (Å²) in [6.07, 6.45) is -0.429. The van der Waals surface area contributed by atoms with Crippen LogP contribution in [0.25, 0.3) is 0 Å². The van der Waals surface area contributed by atoms with Crippen molar-refractivity contribution in [1.29, 1.82) is 0 Å². The normalized spacial score (nSPS) is 11.6. The zero-order chi connectivity index (χ0) is 17.7. The van der Waals surface area contributed by atoms with E-state index in [1.165, 1.54) is 0 Å². The summed E-state index contributed by atoms with van der Waals surface area (Å²) < 4.78 is 24.8. The highest BCUT2D eigenvalue weighted by Crippen LogP contribution is 2.42. The highest BCUT2D eigenvalue weighted by molar-refractivity contribution is 7.85. The second kappa shape index (κ2) is 7.79. The molecule has 0 aliphatic heterocycles. The Morgan fingerprint density at radius 2 is 1.04 bits per heavy atom. The van der Waals surface area contributed by atoms with E-state index in [0.717, 1.165) is 21.5 Å². The Balaban J connectivity index is 2.12. The monoisotopic (exact) mass is 352 g/mol.